The number of thioether (sulfide) groups is 1. The van der Waals surface area contributed by atoms with Crippen LogP contribution >= 0.6 is 11.8 Å². The third-order valence-corrected chi connectivity index (χ3v) is 3.38. The van der Waals surface area contributed by atoms with Gasteiger partial charge < -0.3 is 15.2 Å². The van der Waals surface area contributed by atoms with Crippen molar-refractivity contribution in [3.63, 3.8) is 0 Å². The average molecular weight is 255 g/mol. The molecular weight excluding hydrogens is 234 g/mol. The number of nitrogens with one attached hydrogen (secondary N) is 1. The fourth-order valence-electron chi connectivity index (χ4n) is 1.31. The summed E-state index contributed by atoms with van der Waals surface area (Å²) >= 11 is 1.64. The molecule has 1 atom stereocenters. The van der Waals surface area contributed by atoms with Crippen LogP contribution in [0.2, 0.25) is 0 Å². The molecule has 0 aliphatic heterocycles. The van der Waals surface area contributed by atoms with Crippen LogP contribution < -0.4 is 10.1 Å². The Morgan fingerprint density at radius 3 is 2.82 bits per heavy atom. The summed E-state index contributed by atoms with van der Waals surface area (Å²) in [5.41, 5.74) is 0. The highest BCUT2D eigenvalue weighted by molar-refractivity contribution is 7.99. The Bertz CT molecular complexity index is 331. The Labute approximate surface area is 108 Å². The summed E-state index contributed by atoms with van der Waals surface area (Å²) < 4.78 is 5.15. The SMILES string of the molecule is COc1cccc(SCC(O)CNC(C)C)c1. The van der Waals surface area contributed by atoms with Crippen molar-refractivity contribution < 1.29 is 9.84 Å². The molecule has 0 saturated heterocycles. The first-order chi connectivity index (χ1) is 8.11. The van der Waals surface area contributed by atoms with Crippen LogP contribution in [0, 0.1) is 0 Å². The predicted molar refractivity (Wildman–Crippen MR) is 72.9 cm³/mol. The van der Waals surface area contributed by atoms with E-state index in [0.717, 1.165) is 10.6 Å². The number of aliphatic hydroxyl groups is 1. The van der Waals surface area contributed by atoms with Crippen molar-refractivity contribution in [2.75, 3.05) is 19.4 Å². The van der Waals surface area contributed by atoms with Crippen LogP contribution in [0.3, 0.4) is 0 Å². The van der Waals surface area contributed by atoms with Crippen LogP contribution in [0.25, 0.3) is 0 Å². The monoisotopic (exact) mass is 255 g/mol. The van der Waals surface area contributed by atoms with Gasteiger partial charge in [-0.2, -0.15) is 0 Å². The molecule has 0 saturated carbocycles. The zero-order chi connectivity index (χ0) is 12.7. The lowest BCUT2D eigenvalue weighted by atomic mass is 10.3. The number of methoxy groups -OCH3 is 1. The van der Waals surface area contributed by atoms with Crippen molar-refractivity contribution in [2.24, 2.45) is 0 Å². The highest BCUT2D eigenvalue weighted by Crippen LogP contribution is 2.23. The van der Waals surface area contributed by atoms with Gasteiger partial charge in [-0.05, 0) is 18.2 Å². The Balaban J connectivity index is 2.33. The van der Waals surface area contributed by atoms with Gasteiger partial charge in [0.15, 0.2) is 0 Å². The van der Waals surface area contributed by atoms with Crippen LogP contribution in [0.15, 0.2) is 29.2 Å². The third-order valence-electron chi connectivity index (χ3n) is 2.25. The van der Waals surface area contributed by atoms with E-state index in [0.29, 0.717) is 18.3 Å². The fraction of sp³-hybridized carbons (Fsp3) is 0.538. The highest BCUT2D eigenvalue weighted by atomic mass is 32.2. The molecule has 0 radical (unpaired) electrons. The molecule has 0 amide bonds. The zero-order valence-corrected chi connectivity index (χ0v) is 11.5. The van der Waals surface area contributed by atoms with Gasteiger partial charge in [-0.15, -0.1) is 11.8 Å². The van der Waals surface area contributed by atoms with E-state index in [1.54, 1.807) is 18.9 Å². The molecule has 1 rings (SSSR count). The van der Waals surface area contributed by atoms with E-state index in [9.17, 15) is 5.11 Å². The molecule has 0 aliphatic carbocycles. The number of hydrogen-bond donors (Lipinski definition) is 2. The van der Waals surface area contributed by atoms with Gasteiger partial charge in [0, 0.05) is 23.2 Å². The minimum Gasteiger partial charge on any atom is -0.497 e. The highest BCUT2D eigenvalue weighted by Gasteiger charge is 2.06. The van der Waals surface area contributed by atoms with E-state index < -0.39 is 0 Å². The smallest absolute Gasteiger partial charge is 0.119 e. The molecule has 17 heavy (non-hydrogen) atoms. The van der Waals surface area contributed by atoms with E-state index in [2.05, 4.69) is 19.2 Å². The number of hydrogen-bond acceptors (Lipinski definition) is 4. The first-order valence-corrected chi connectivity index (χ1v) is 6.78. The molecule has 0 spiro atoms. The summed E-state index contributed by atoms with van der Waals surface area (Å²) in [6.45, 7) is 4.78. The first-order valence-electron chi connectivity index (χ1n) is 5.80. The molecule has 1 aromatic carbocycles. The standard InChI is InChI=1S/C13H21NO2S/c1-10(2)14-8-11(15)9-17-13-6-4-5-12(7-13)16-3/h4-7,10-11,14-15H,8-9H2,1-3H3. The first kappa shape index (κ1) is 14.4. The quantitative estimate of drug-likeness (QED) is 0.733. The minimum atomic E-state index is -0.325. The summed E-state index contributed by atoms with van der Waals surface area (Å²) in [4.78, 5) is 1.12. The largest absolute Gasteiger partial charge is 0.497 e. The van der Waals surface area contributed by atoms with Gasteiger partial charge in [-0.3, -0.25) is 0 Å². The minimum absolute atomic E-state index is 0.325. The topological polar surface area (TPSA) is 41.5 Å². The number of benzene rings is 1. The molecule has 2 N–H and O–H groups in total. The number of rotatable bonds is 7. The normalized spacial score (nSPS) is 12.8. The van der Waals surface area contributed by atoms with Crippen molar-refractivity contribution >= 4 is 11.8 Å². The molecule has 4 heteroatoms. The third kappa shape index (κ3) is 5.96. The molecule has 1 unspecified atom stereocenters. The van der Waals surface area contributed by atoms with Crippen molar-refractivity contribution in [3.8, 4) is 5.75 Å². The van der Waals surface area contributed by atoms with E-state index in [1.165, 1.54) is 0 Å². The fourth-order valence-corrected chi connectivity index (χ4v) is 2.19. The van der Waals surface area contributed by atoms with Crippen LogP contribution in [0.1, 0.15) is 13.8 Å². The summed E-state index contributed by atoms with van der Waals surface area (Å²) in [7, 11) is 1.66. The average Bonchev–Trinajstić information content (AvgIpc) is 2.34. The van der Waals surface area contributed by atoms with Crippen LogP contribution in [0.4, 0.5) is 0 Å². The molecule has 0 fully saturated rings. The maximum absolute atomic E-state index is 9.77. The second kappa shape index (κ2) is 7.58. The second-order valence-corrected chi connectivity index (χ2v) is 5.30. The van der Waals surface area contributed by atoms with Gasteiger partial charge in [0.2, 0.25) is 0 Å². The lowest BCUT2D eigenvalue weighted by Gasteiger charge is -2.13. The van der Waals surface area contributed by atoms with E-state index in [4.69, 9.17) is 4.74 Å². The molecule has 96 valence electrons. The molecular formula is C13H21NO2S. The number of ether oxygens (including phenoxy) is 1. The predicted octanol–water partition coefficient (Wildman–Crippen LogP) is 2.15. The summed E-state index contributed by atoms with van der Waals surface area (Å²) in [6, 6.07) is 8.29. The molecule has 0 heterocycles. The Morgan fingerprint density at radius 2 is 2.18 bits per heavy atom. The van der Waals surface area contributed by atoms with Gasteiger partial charge >= 0.3 is 0 Å². The van der Waals surface area contributed by atoms with E-state index in [1.807, 2.05) is 24.3 Å². The molecule has 0 aromatic heterocycles. The maximum Gasteiger partial charge on any atom is 0.119 e. The van der Waals surface area contributed by atoms with Gasteiger partial charge in [0.25, 0.3) is 0 Å². The molecule has 3 nitrogen and oxygen atoms in total. The molecule has 0 bridgehead atoms. The Hall–Kier alpha value is -0.710. The Kier molecular flexibility index (Phi) is 6.40. The molecule has 0 aliphatic rings. The van der Waals surface area contributed by atoms with Gasteiger partial charge in [-0.1, -0.05) is 19.9 Å². The lowest BCUT2D eigenvalue weighted by molar-refractivity contribution is 0.192. The van der Waals surface area contributed by atoms with Crippen molar-refractivity contribution in [1.82, 2.24) is 5.32 Å². The zero-order valence-electron chi connectivity index (χ0n) is 10.6. The van der Waals surface area contributed by atoms with E-state index in [-0.39, 0.29) is 6.10 Å². The van der Waals surface area contributed by atoms with Gasteiger partial charge in [-0.25, -0.2) is 0 Å². The van der Waals surface area contributed by atoms with E-state index >= 15 is 0 Å². The van der Waals surface area contributed by atoms with Crippen molar-refractivity contribution in [3.05, 3.63) is 24.3 Å². The lowest BCUT2D eigenvalue weighted by Crippen LogP contribution is -2.33. The van der Waals surface area contributed by atoms with Crippen LogP contribution in [-0.4, -0.2) is 36.7 Å². The Morgan fingerprint density at radius 1 is 1.41 bits per heavy atom. The second-order valence-electron chi connectivity index (χ2n) is 4.21. The molecule has 1 aromatic rings. The number of aliphatic hydroxyl groups excluding tert-OH is 1. The summed E-state index contributed by atoms with van der Waals surface area (Å²) in [6.07, 6.45) is -0.325. The van der Waals surface area contributed by atoms with Gasteiger partial charge in [0.1, 0.15) is 5.75 Å². The van der Waals surface area contributed by atoms with Crippen molar-refractivity contribution in [1.29, 1.82) is 0 Å². The van der Waals surface area contributed by atoms with Gasteiger partial charge in [0.05, 0.1) is 13.2 Å². The summed E-state index contributed by atoms with van der Waals surface area (Å²) in [5, 5.41) is 13.0. The van der Waals surface area contributed by atoms with Crippen LogP contribution in [0.5, 0.6) is 5.75 Å². The maximum atomic E-state index is 9.77. The van der Waals surface area contributed by atoms with Crippen molar-refractivity contribution in [2.45, 2.75) is 30.9 Å². The summed E-state index contributed by atoms with van der Waals surface area (Å²) in [5.74, 6) is 1.54. The van der Waals surface area contributed by atoms with Crippen LogP contribution in [-0.2, 0) is 0 Å².